The standard InChI is InChI=1S/C16H17FN4O/c17-13-3-1-12(2-4-13)15-14(10-20-21-15)16(22)19-9-11-5-7-18-8-6-11/h1-5,10,18H,6-9H2,(H,19,22)(H,20,21). The Morgan fingerprint density at radius 1 is 1.32 bits per heavy atom. The van der Waals surface area contributed by atoms with Gasteiger partial charge in [-0.2, -0.15) is 5.10 Å². The van der Waals surface area contributed by atoms with E-state index in [4.69, 9.17) is 0 Å². The molecule has 0 saturated heterocycles. The van der Waals surface area contributed by atoms with Gasteiger partial charge in [0.1, 0.15) is 5.82 Å². The van der Waals surface area contributed by atoms with Crippen molar-refractivity contribution in [1.29, 1.82) is 0 Å². The van der Waals surface area contributed by atoms with Crippen LogP contribution >= 0.6 is 0 Å². The summed E-state index contributed by atoms with van der Waals surface area (Å²) in [5.41, 5.74) is 3.00. The van der Waals surface area contributed by atoms with E-state index < -0.39 is 0 Å². The molecule has 114 valence electrons. The van der Waals surface area contributed by atoms with Crippen molar-refractivity contribution in [3.8, 4) is 11.3 Å². The molecule has 1 amide bonds. The Hall–Kier alpha value is -2.47. The average Bonchev–Trinajstić information content (AvgIpc) is 3.04. The number of carbonyl (C=O) groups is 1. The number of rotatable bonds is 4. The van der Waals surface area contributed by atoms with Gasteiger partial charge in [-0.3, -0.25) is 9.89 Å². The molecule has 5 nitrogen and oxygen atoms in total. The van der Waals surface area contributed by atoms with Crippen LogP contribution < -0.4 is 10.6 Å². The number of nitrogens with one attached hydrogen (secondary N) is 3. The SMILES string of the molecule is O=C(NCC1=CCNCC1)c1cn[nH]c1-c1ccc(F)cc1. The van der Waals surface area contributed by atoms with Crippen molar-refractivity contribution < 1.29 is 9.18 Å². The molecule has 3 N–H and O–H groups in total. The summed E-state index contributed by atoms with van der Waals surface area (Å²) in [4.78, 5) is 12.3. The highest BCUT2D eigenvalue weighted by Gasteiger charge is 2.15. The molecule has 3 rings (SSSR count). The Balaban J connectivity index is 1.72. The summed E-state index contributed by atoms with van der Waals surface area (Å²) in [6.07, 6.45) is 4.53. The summed E-state index contributed by atoms with van der Waals surface area (Å²) in [6, 6.07) is 5.96. The number of hydrogen-bond donors (Lipinski definition) is 3. The maximum absolute atomic E-state index is 13.0. The van der Waals surface area contributed by atoms with Gasteiger partial charge >= 0.3 is 0 Å². The maximum Gasteiger partial charge on any atom is 0.255 e. The molecule has 1 aromatic carbocycles. The van der Waals surface area contributed by atoms with Gasteiger partial charge in [0, 0.05) is 18.7 Å². The van der Waals surface area contributed by atoms with Gasteiger partial charge < -0.3 is 10.6 Å². The molecule has 1 aliphatic rings. The number of nitrogens with zero attached hydrogens (tertiary/aromatic N) is 1. The van der Waals surface area contributed by atoms with E-state index in [0.29, 0.717) is 17.8 Å². The molecule has 0 saturated carbocycles. The third-order valence-electron chi connectivity index (χ3n) is 3.65. The minimum absolute atomic E-state index is 0.187. The summed E-state index contributed by atoms with van der Waals surface area (Å²) in [7, 11) is 0. The van der Waals surface area contributed by atoms with E-state index in [1.54, 1.807) is 12.1 Å². The lowest BCUT2D eigenvalue weighted by Gasteiger charge is -2.14. The van der Waals surface area contributed by atoms with Gasteiger partial charge in [0.2, 0.25) is 0 Å². The summed E-state index contributed by atoms with van der Waals surface area (Å²) in [5, 5.41) is 12.9. The van der Waals surface area contributed by atoms with Gasteiger partial charge in [-0.15, -0.1) is 0 Å². The zero-order valence-corrected chi connectivity index (χ0v) is 12.0. The van der Waals surface area contributed by atoms with E-state index in [1.807, 2.05) is 0 Å². The first kappa shape index (κ1) is 14.5. The van der Waals surface area contributed by atoms with Gasteiger partial charge in [-0.25, -0.2) is 4.39 Å². The lowest BCUT2D eigenvalue weighted by Crippen LogP contribution is -2.29. The number of aromatic amines is 1. The minimum atomic E-state index is -0.313. The van der Waals surface area contributed by atoms with Crippen molar-refractivity contribution in [3.63, 3.8) is 0 Å². The highest BCUT2D eigenvalue weighted by molar-refractivity contribution is 5.99. The normalized spacial score (nSPS) is 14.5. The second-order valence-electron chi connectivity index (χ2n) is 5.16. The van der Waals surface area contributed by atoms with Crippen LogP contribution in [0.4, 0.5) is 4.39 Å². The van der Waals surface area contributed by atoms with E-state index >= 15 is 0 Å². The van der Waals surface area contributed by atoms with Crippen LogP contribution in [0.25, 0.3) is 11.3 Å². The molecule has 1 aromatic heterocycles. The monoisotopic (exact) mass is 300 g/mol. The lowest BCUT2D eigenvalue weighted by atomic mass is 10.1. The lowest BCUT2D eigenvalue weighted by molar-refractivity contribution is 0.0957. The zero-order chi connectivity index (χ0) is 15.4. The zero-order valence-electron chi connectivity index (χ0n) is 12.0. The van der Waals surface area contributed by atoms with Crippen LogP contribution in [-0.4, -0.2) is 35.7 Å². The first-order valence-corrected chi connectivity index (χ1v) is 7.20. The molecule has 6 heteroatoms. The van der Waals surface area contributed by atoms with Crippen LogP contribution in [0, 0.1) is 5.82 Å². The highest BCUT2D eigenvalue weighted by atomic mass is 19.1. The van der Waals surface area contributed by atoms with Crippen LogP contribution in [0.1, 0.15) is 16.8 Å². The van der Waals surface area contributed by atoms with E-state index in [2.05, 4.69) is 26.9 Å². The van der Waals surface area contributed by atoms with Crippen LogP contribution in [0.15, 0.2) is 42.1 Å². The second kappa shape index (κ2) is 6.53. The first-order chi connectivity index (χ1) is 10.7. The molecule has 0 fully saturated rings. The predicted octanol–water partition coefficient (Wildman–Crippen LogP) is 1.87. The van der Waals surface area contributed by atoms with Gasteiger partial charge in [0.25, 0.3) is 5.91 Å². The van der Waals surface area contributed by atoms with Gasteiger partial charge in [-0.05, 0) is 37.2 Å². The van der Waals surface area contributed by atoms with Crippen molar-refractivity contribution in [3.05, 3.63) is 53.5 Å². The molecule has 2 aromatic rings. The van der Waals surface area contributed by atoms with Gasteiger partial charge in [0.15, 0.2) is 0 Å². The Bertz CT molecular complexity index is 690. The van der Waals surface area contributed by atoms with Crippen molar-refractivity contribution in [2.75, 3.05) is 19.6 Å². The number of H-pyrrole nitrogens is 1. The number of amides is 1. The summed E-state index contributed by atoms with van der Waals surface area (Å²) in [5.74, 6) is -0.500. The van der Waals surface area contributed by atoms with Crippen LogP contribution in [0.3, 0.4) is 0 Å². The van der Waals surface area contributed by atoms with Gasteiger partial charge in [-0.1, -0.05) is 11.6 Å². The fraction of sp³-hybridized carbons (Fsp3) is 0.250. The van der Waals surface area contributed by atoms with Crippen molar-refractivity contribution in [2.45, 2.75) is 6.42 Å². The molecule has 22 heavy (non-hydrogen) atoms. The molecule has 0 spiro atoms. The molecular formula is C16H17FN4O. The highest BCUT2D eigenvalue weighted by Crippen LogP contribution is 2.21. The summed E-state index contributed by atoms with van der Waals surface area (Å²) < 4.78 is 13.0. The fourth-order valence-corrected chi connectivity index (χ4v) is 2.41. The number of aromatic nitrogens is 2. The Kier molecular flexibility index (Phi) is 4.29. The third-order valence-corrected chi connectivity index (χ3v) is 3.65. The Labute approximate surface area is 127 Å². The van der Waals surface area contributed by atoms with E-state index in [1.165, 1.54) is 23.9 Å². The second-order valence-corrected chi connectivity index (χ2v) is 5.16. The maximum atomic E-state index is 13.0. The predicted molar refractivity (Wildman–Crippen MR) is 81.9 cm³/mol. The Morgan fingerprint density at radius 2 is 2.14 bits per heavy atom. The number of halogens is 1. The molecule has 0 unspecified atom stereocenters. The Morgan fingerprint density at radius 3 is 2.86 bits per heavy atom. The molecule has 0 radical (unpaired) electrons. The van der Waals surface area contributed by atoms with E-state index in [-0.39, 0.29) is 11.7 Å². The number of benzene rings is 1. The van der Waals surface area contributed by atoms with E-state index in [0.717, 1.165) is 25.1 Å². The summed E-state index contributed by atoms with van der Waals surface area (Å²) in [6.45, 7) is 2.32. The number of hydrogen-bond acceptors (Lipinski definition) is 3. The van der Waals surface area contributed by atoms with Crippen molar-refractivity contribution in [2.24, 2.45) is 0 Å². The number of carbonyl (C=O) groups excluding carboxylic acids is 1. The fourth-order valence-electron chi connectivity index (χ4n) is 2.41. The van der Waals surface area contributed by atoms with Crippen molar-refractivity contribution in [1.82, 2.24) is 20.8 Å². The largest absolute Gasteiger partial charge is 0.348 e. The van der Waals surface area contributed by atoms with Gasteiger partial charge in [0.05, 0.1) is 17.5 Å². The molecule has 1 aliphatic heterocycles. The smallest absolute Gasteiger partial charge is 0.255 e. The summed E-state index contributed by atoms with van der Waals surface area (Å²) >= 11 is 0. The molecule has 2 heterocycles. The molecule has 0 bridgehead atoms. The van der Waals surface area contributed by atoms with Crippen LogP contribution in [0.2, 0.25) is 0 Å². The first-order valence-electron chi connectivity index (χ1n) is 7.20. The van der Waals surface area contributed by atoms with Crippen molar-refractivity contribution >= 4 is 5.91 Å². The quantitative estimate of drug-likeness (QED) is 0.755. The van der Waals surface area contributed by atoms with Crippen LogP contribution in [0.5, 0.6) is 0 Å². The molecule has 0 aliphatic carbocycles. The molecule has 0 atom stereocenters. The van der Waals surface area contributed by atoms with Crippen LogP contribution in [-0.2, 0) is 0 Å². The topological polar surface area (TPSA) is 69.8 Å². The molecular weight excluding hydrogens is 283 g/mol. The minimum Gasteiger partial charge on any atom is -0.348 e. The third kappa shape index (κ3) is 3.23. The average molecular weight is 300 g/mol. The van der Waals surface area contributed by atoms with E-state index in [9.17, 15) is 9.18 Å².